The van der Waals surface area contributed by atoms with E-state index in [1.165, 1.54) is 0 Å². The van der Waals surface area contributed by atoms with Crippen molar-refractivity contribution in [3.05, 3.63) is 24.3 Å². The third kappa shape index (κ3) is 3.50. The summed E-state index contributed by atoms with van der Waals surface area (Å²) in [6, 6.07) is 0. The van der Waals surface area contributed by atoms with Gasteiger partial charge >= 0.3 is 0 Å². The predicted molar refractivity (Wildman–Crippen MR) is 79.8 cm³/mol. The van der Waals surface area contributed by atoms with Gasteiger partial charge in [0.05, 0.1) is 13.2 Å². The van der Waals surface area contributed by atoms with E-state index < -0.39 is 6.10 Å². The zero-order chi connectivity index (χ0) is 15.4. The maximum absolute atomic E-state index is 12.4. The number of hydrogen-bond donors (Lipinski definition) is 0. The zero-order valence-electron chi connectivity index (χ0n) is 13.1. The maximum atomic E-state index is 12.4. The molecule has 0 radical (unpaired) electrons. The molecule has 2 heterocycles. The van der Waals surface area contributed by atoms with E-state index in [4.69, 9.17) is 4.74 Å². The van der Waals surface area contributed by atoms with Crippen molar-refractivity contribution in [2.45, 2.75) is 52.3 Å². The standard InChI is InChI=1S/C15H24N4O2/c1-5-6-9-21-12(4)15(20)18-7-8-19-13(10-18)16-17-14(19)11(2)3/h5,11-12H,1,6-10H2,2-4H3/t12-/m0/s1. The molecule has 0 fully saturated rings. The summed E-state index contributed by atoms with van der Waals surface area (Å²) < 4.78 is 7.65. The summed E-state index contributed by atoms with van der Waals surface area (Å²) in [5.41, 5.74) is 0. The molecule has 1 aliphatic rings. The van der Waals surface area contributed by atoms with Crippen molar-refractivity contribution in [3.63, 3.8) is 0 Å². The van der Waals surface area contributed by atoms with Crippen molar-refractivity contribution in [1.29, 1.82) is 0 Å². The number of nitrogens with zero attached hydrogens (tertiary/aromatic N) is 4. The second-order valence-electron chi connectivity index (χ2n) is 5.63. The monoisotopic (exact) mass is 292 g/mol. The van der Waals surface area contributed by atoms with Gasteiger partial charge in [0.25, 0.3) is 5.91 Å². The molecule has 1 aromatic rings. The smallest absolute Gasteiger partial charge is 0.251 e. The molecule has 1 aromatic heterocycles. The number of ether oxygens (including phenoxy) is 1. The van der Waals surface area contributed by atoms with Crippen LogP contribution in [0.4, 0.5) is 0 Å². The fourth-order valence-electron chi connectivity index (χ4n) is 2.45. The summed E-state index contributed by atoms with van der Waals surface area (Å²) in [5, 5.41) is 8.44. The van der Waals surface area contributed by atoms with E-state index in [1.807, 2.05) is 0 Å². The molecule has 0 aliphatic carbocycles. The quantitative estimate of drug-likeness (QED) is 0.592. The number of carbonyl (C=O) groups excluding carboxylic acids is 1. The first-order chi connectivity index (χ1) is 10.0. The number of fused-ring (bicyclic) bond motifs is 1. The molecule has 21 heavy (non-hydrogen) atoms. The normalized spacial score (nSPS) is 15.9. The van der Waals surface area contributed by atoms with E-state index >= 15 is 0 Å². The largest absolute Gasteiger partial charge is 0.368 e. The summed E-state index contributed by atoms with van der Waals surface area (Å²) in [4.78, 5) is 14.2. The highest BCUT2D eigenvalue weighted by Crippen LogP contribution is 2.19. The first-order valence-corrected chi connectivity index (χ1v) is 7.47. The average Bonchev–Trinajstić information content (AvgIpc) is 2.89. The van der Waals surface area contributed by atoms with Crippen LogP contribution in [0.5, 0.6) is 0 Å². The lowest BCUT2D eigenvalue weighted by atomic mass is 10.2. The Morgan fingerprint density at radius 1 is 1.38 bits per heavy atom. The van der Waals surface area contributed by atoms with Gasteiger partial charge in [-0.05, 0) is 13.3 Å². The third-order valence-corrected chi connectivity index (χ3v) is 3.65. The number of hydrogen-bond acceptors (Lipinski definition) is 4. The Kier molecular flexibility index (Phi) is 5.12. The molecule has 0 saturated heterocycles. The molecule has 0 N–H and O–H groups in total. The van der Waals surface area contributed by atoms with E-state index in [0.29, 0.717) is 25.6 Å². The number of carbonyl (C=O) groups is 1. The van der Waals surface area contributed by atoms with Gasteiger partial charge in [0.1, 0.15) is 11.9 Å². The highest BCUT2D eigenvalue weighted by atomic mass is 16.5. The molecule has 0 spiro atoms. The zero-order valence-corrected chi connectivity index (χ0v) is 13.1. The molecule has 1 atom stereocenters. The summed E-state index contributed by atoms with van der Waals surface area (Å²) in [5.74, 6) is 2.21. The van der Waals surface area contributed by atoms with Gasteiger partial charge in [-0.15, -0.1) is 16.8 Å². The molecular weight excluding hydrogens is 268 g/mol. The molecule has 0 saturated carbocycles. The predicted octanol–water partition coefficient (Wildman–Crippen LogP) is 1.72. The first-order valence-electron chi connectivity index (χ1n) is 7.47. The van der Waals surface area contributed by atoms with Crippen molar-refractivity contribution in [2.75, 3.05) is 13.2 Å². The van der Waals surface area contributed by atoms with Crippen LogP contribution in [0.1, 0.15) is 44.8 Å². The second kappa shape index (κ2) is 6.85. The van der Waals surface area contributed by atoms with Crippen LogP contribution in [0, 0.1) is 0 Å². The topological polar surface area (TPSA) is 60.2 Å². The minimum absolute atomic E-state index is 0.0133. The highest BCUT2D eigenvalue weighted by Gasteiger charge is 2.28. The summed E-state index contributed by atoms with van der Waals surface area (Å²) >= 11 is 0. The molecule has 116 valence electrons. The lowest BCUT2D eigenvalue weighted by Crippen LogP contribution is -2.44. The Morgan fingerprint density at radius 2 is 2.14 bits per heavy atom. The molecule has 2 rings (SSSR count). The Bertz CT molecular complexity index is 510. The SMILES string of the molecule is C=CCCO[C@@H](C)C(=O)N1CCn2c(nnc2C(C)C)C1. The van der Waals surface area contributed by atoms with Gasteiger partial charge in [-0.2, -0.15) is 0 Å². The third-order valence-electron chi connectivity index (χ3n) is 3.65. The van der Waals surface area contributed by atoms with Gasteiger partial charge in [0.15, 0.2) is 5.82 Å². The molecule has 1 amide bonds. The number of aromatic nitrogens is 3. The van der Waals surface area contributed by atoms with Crippen LogP contribution in [-0.2, 0) is 22.6 Å². The molecule has 0 aromatic carbocycles. The average molecular weight is 292 g/mol. The van der Waals surface area contributed by atoms with Crippen molar-refractivity contribution in [3.8, 4) is 0 Å². The molecule has 0 bridgehead atoms. The van der Waals surface area contributed by atoms with Gasteiger partial charge in [-0.1, -0.05) is 19.9 Å². The van der Waals surface area contributed by atoms with Crippen molar-refractivity contribution >= 4 is 5.91 Å². The van der Waals surface area contributed by atoms with Crippen LogP contribution < -0.4 is 0 Å². The van der Waals surface area contributed by atoms with E-state index in [9.17, 15) is 4.79 Å². The van der Waals surface area contributed by atoms with Crippen molar-refractivity contribution in [1.82, 2.24) is 19.7 Å². The van der Waals surface area contributed by atoms with Crippen LogP contribution >= 0.6 is 0 Å². The Balaban J connectivity index is 1.97. The van der Waals surface area contributed by atoms with Gasteiger partial charge in [0.2, 0.25) is 0 Å². The van der Waals surface area contributed by atoms with Crippen LogP contribution in [0.25, 0.3) is 0 Å². The lowest BCUT2D eigenvalue weighted by molar-refractivity contribution is -0.144. The van der Waals surface area contributed by atoms with Crippen LogP contribution in [-0.4, -0.2) is 44.8 Å². The fraction of sp³-hybridized carbons (Fsp3) is 0.667. The fourth-order valence-corrected chi connectivity index (χ4v) is 2.45. The number of amides is 1. The Morgan fingerprint density at radius 3 is 2.81 bits per heavy atom. The summed E-state index contributed by atoms with van der Waals surface area (Å²) in [6.07, 6.45) is 2.11. The summed E-state index contributed by atoms with van der Waals surface area (Å²) in [7, 11) is 0. The van der Waals surface area contributed by atoms with Gasteiger partial charge < -0.3 is 14.2 Å². The van der Waals surface area contributed by atoms with Gasteiger partial charge in [0, 0.05) is 19.0 Å². The molecule has 0 unspecified atom stereocenters. The Labute approximate surface area is 125 Å². The molecule has 6 nitrogen and oxygen atoms in total. The molecule has 6 heteroatoms. The lowest BCUT2D eigenvalue weighted by Gasteiger charge is -2.30. The van der Waals surface area contributed by atoms with Crippen LogP contribution in [0.3, 0.4) is 0 Å². The van der Waals surface area contributed by atoms with Gasteiger partial charge in [-0.3, -0.25) is 4.79 Å². The first kappa shape index (κ1) is 15.7. The van der Waals surface area contributed by atoms with Crippen LogP contribution in [0.15, 0.2) is 12.7 Å². The number of rotatable bonds is 6. The van der Waals surface area contributed by atoms with E-state index in [0.717, 1.165) is 24.6 Å². The van der Waals surface area contributed by atoms with E-state index in [1.54, 1.807) is 17.9 Å². The minimum Gasteiger partial charge on any atom is -0.368 e. The van der Waals surface area contributed by atoms with Gasteiger partial charge in [-0.25, -0.2) is 0 Å². The van der Waals surface area contributed by atoms with Crippen molar-refractivity contribution in [2.24, 2.45) is 0 Å². The maximum Gasteiger partial charge on any atom is 0.251 e. The molecule has 1 aliphatic heterocycles. The Hall–Kier alpha value is -1.69. The van der Waals surface area contributed by atoms with Crippen LogP contribution in [0.2, 0.25) is 0 Å². The second-order valence-corrected chi connectivity index (χ2v) is 5.63. The van der Waals surface area contributed by atoms with E-state index in [-0.39, 0.29) is 5.91 Å². The highest BCUT2D eigenvalue weighted by molar-refractivity contribution is 5.80. The molecular formula is C15H24N4O2. The summed E-state index contributed by atoms with van der Waals surface area (Å²) in [6.45, 7) is 12.1. The minimum atomic E-state index is -0.427. The van der Waals surface area contributed by atoms with Crippen molar-refractivity contribution < 1.29 is 9.53 Å². The van der Waals surface area contributed by atoms with E-state index in [2.05, 4.69) is 35.2 Å².